The van der Waals surface area contributed by atoms with Crippen LogP contribution in [0.15, 0.2) is 159 Å². The lowest BCUT2D eigenvalue weighted by Crippen LogP contribution is -2.39. The fraction of sp³-hybridized carbons (Fsp3) is 0.381. The summed E-state index contributed by atoms with van der Waals surface area (Å²) in [6.07, 6.45) is 4.89. The number of azo groups is 1. The maximum atomic E-state index is 13.8. The molecule has 1 saturated heterocycles. The molecule has 2 heterocycles. The number of carbonyl (C=O) groups excluding carboxylic acids is 2. The summed E-state index contributed by atoms with van der Waals surface area (Å²) in [7, 11) is 5.39. The van der Waals surface area contributed by atoms with Crippen molar-refractivity contribution in [1.82, 2.24) is 24.9 Å². The zero-order chi connectivity index (χ0) is 59.3. The van der Waals surface area contributed by atoms with Gasteiger partial charge in [0, 0.05) is 69.2 Å². The van der Waals surface area contributed by atoms with Crippen LogP contribution in [0.2, 0.25) is 0 Å². The van der Waals surface area contributed by atoms with Crippen LogP contribution in [0.5, 0.6) is 11.5 Å². The third-order valence-electron chi connectivity index (χ3n) is 13.9. The Morgan fingerprint density at radius 2 is 1.36 bits per heavy atom. The number of nitrogens with zero attached hydrogens (tertiary/aromatic N) is 6. The first kappa shape index (κ1) is 62.8. The largest absolute Gasteiger partial charge is 0.497 e. The van der Waals surface area contributed by atoms with Gasteiger partial charge in [-0.25, -0.2) is 9.46 Å². The molecule has 1 aliphatic heterocycles. The summed E-state index contributed by atoms with van der Waals surface area (Å²) in [6, 6.07) is 42.0. The van der Waals surface area contributed by atoms with Gasteiger partial charge in [0.2, 0.25) is 5.91 Å². The fourth-order valence-electron chi connectivity index (χ4n) is 9.61. The highest BCUT2D eigenvalue weighted by molar-refractivity contribution is 7.44. The van der Waals surface area contributed by atoms with E-state index < -0.39 is 49.7 Å². The number of hydrogen-bond donors (Lipinski definition) is 3. The second-order valence-electron chi connectivity index (χ2n) is 20.6. The lowest BCUT2D eigenvalue weighted by molar-refractivity contribution is -0.116. The molecule has 20 heteroatoms. The molecule has 7 rings (SSSR count). The molecular formula is C63H76N9O10P. The Bertz CT molecular complexity index is 3180. The molecule has 83 heavy (non-hydrogen) atoms. The van der Waals surface area contributed by atoms with E-state index in [-0.39, 0.29) is 49.6 Å². The molecule has 1 fully saturated rings. The van der Waals surface area contributed by atoms with Gasteiger partial charge >= 0.3 is 5.69 Å². The highest BCUT2D eigenvalue weighted by Crippen LogP contribution is 2.51. The zero-order valence-corrected chi connectivity index (χ0v) is 49.4. The summed E-state index contributed by atoms with van der Waals surface area (Å²) in [5.74, 6) is 0.741. The van der Waals surface area contributed by atoms with Crippen molar-refractivity contribution in [2.24, 2.45) is 10.2 Å². The molecule has 19 nitrogen and oxygen atoms in total. The molecule has 0 saturated carbocycles. The van der Waals surface area contributed by atoms with Crippen LogP contribution in [0, 0.1) is 11.3 Å². The van der Waals surface area contributed by atoms with E-state index in [0.717, 1.165) is 47.3 Å². The number of methoxy groups -OCH3 is 2. The summed E-state index contributed by atoms with van der Waals surface area (Å²) >= 11 is 0. The summed E-state index contributed by atoms with van der Waals surface area (Å²) in [5.41, 5.74) is 2.83. The van der Waals surface area contributed by atoms with Crippen molar-refractivity contribution in [2.75, 3.05) is 59.5 Å². The van der Waals surface area contributed by atoms with E-state index in [2.05, 4.69) is 36.6 Å². The van der Waals surface area contributed by atoms with E-state index in [4.69, 9.17) is 28.0 Å². The highest BCUT2D eigenvalue weighted by Gasteiger charge is 2.45. The average molecular weight is 1150 g/mol. The average Bonchev–Trinajstić information content (AvgIpc) is 3.98. The molecule has 0 bridgehead atoms. The molecule has 1 aliphatic rings. The van der Waals surface area contributed by atoms with Gasteiger partial charge in [-0.1, -0.05) is 67.4 Å². The minimum atomic E-state index is -1.79. The Morgan fingerprint density at radius 1 is 0.795 bits per heavy atom. The standard InChI is InChI=1S/C63H76N9O10P/c1-44(2)72(45(3)4)83(80-40-16-37-64)82-56-41-59(81-57(56)43-79-63(48-17-12-11-13-18-48,49-22-32-54(77-7)33-23-49)50-24-34-55(78-8)35-25-50)71-42-47(61(75)67-62(71)76)21-36-58(73)65-38-14-9-10-15-39-66-60(74)46-19-26-51(27-20-46)68-69-52-28-30-53(31-29-52)70(5)6/h11-13,17-36,42,44-45,56-57,59H,9-10,14-16,38-41,43H2,1-8H3,(H,65,73)(H,66,74)(H,67,75,76)/t56-,57+,59+,83?/m0/s1. The first-order valence-corrected chi connectivity index (χ1v) is 29.0. The molecule has 3 N–H and O–H groups in total. The second kappa shape index (κ2) is 31.0. The van der Waals surface area contributed by atoms with Crippen molar-refractivity contribution in [1.29, 1.82) is 5.26 Å². The number of unbranched alkanes of at least 4 members (excludes halogenated alkanes) is 3. The number of aromatic amines is 1. The lowest BCUT2D eigenvalue weighted by Gasteiger charge is -2.39. The van der Waals surface area contributed by atoms with Gasteiger partial charge in [0.1, 0.15) is 29.4 Å². The molecule has 5 aromatic carbocycles. The van der Waals surface area contributed by atoms with Crippen molar-refractivity contribution < 1.29 is 37.6 Å². The second-order valence-corrected chi connectivity index (χ2v) is 22.0. The maximum Gasteiger partial charge on any atom is 0.330 e. The molecule has 0 spiro atoms. The number of anilines is 1. The molecule has 1 aromatic heterocycles. The van der Waals surface area contributed by atoms with Gasteiger partial charge in [0.25, 0.3) is 20.0 Å². The van der Waals surface area contributed by atoms with E-state index in [1.807, 2.05) is 150 Å². The summed E-state index contributed by atoms with van der Waals surface area (Å²) in [4.78, 5) is 57.4. The number of nitriles is 1. The summed E-state index contributed by atoms with van der Waals surface area (Å²) < 4.78 is 42.1. The van der Waals surface area contributed by atoms with Crippen LogP contribution in [0.25, 0.3) is 6.08 Å². The van der Waals surface area contributed by atoms with Crippen LogP contribution < -0.4 is 36.3 Å². The van der Waals surface area contributed by atoms with Gasteiger partial charge < -0.3 is 43.5 Å². The van der Waals surface area contributed by atoms with Gasteiger partial charge in [-0.05, 0) is 136 Å². The lowest BCUT2D eigenvalue weighted by atomic mass is 9.80. The minimum Gasteiger partial charge on any atom is -0.497 e. The maximum absolute atomic E-state index is 13.8. The number of hydrogen-bond acceptors (Lipinski definition) is 15. The molecule has 438 valence electrons. The monoisotopic (exact) mass is 1150 g/mol. The quantitative estimate of drug-likeness (QED) is 0.0126. The molecule has 1 unspecified atom stereocenters. The molecule has 0 aliphatic carbocycles. The summed E-state index contributed by atoms with van der Waals surface area (Å²) in [5, 5.41) is 23.9. The normalized spacial score (nSPS) is 15.7. The van der Waals surface area contributed by atoms with Gasteiger partial charge in [-0.2, -0.15) is 15.5 Å². The Kier molecular flexibility index (Phi) is 23.5. The minimum absolute atomic E-state index is 0.00814. The number of nitrogens with one attached hydrogen (secondary N) is 3. The number of ether oxygens (including phenoxy) is 4. The predicted octanol–water partition coefficient (Wildman–Crippen LogP) is 11.1. The van der Waals surface area contributed by atoms with Crippen LogP contribution in [0.4, 0.5) is 17.1 Å². The van der Waals surface area contributed by atoms with Crippen LogP contribution in [-0.4, -0.2) is 105 Å². The van der Waals surface area contributed by atoms with Crippen molar-refractivity contribution >= 4 is 43.5 Å². The number of amides is 2. The van der Waals surface area contributed by atoms with Crippen molar-refractivity contribution in [2.45, 2.75) is 102 Å². The third-order valence-corrected chi connectivity index (χ3v) is 16.0. The van der Waals surface area contributed by atoms with Crippen molar-refractivity contribution in [3.05, 3.63) is 188 Å². The van der Waals surface area contributed by atoms with Gasteiger partial charge in [-0.3, -0.25) is 23.9 Å². The van der Waals surface area contributed by atoms with Crippen LogP contribution in [-0.2, 0) is 28.9 Å². The fourth-order valence-corrected chi connectivity index (χ4v) is 11.4. The number of aromatic nitrogens is 2. The topological polar surface area (TPSA) is 223 Å². The Morgan fingerprint density at radius 3 is 1.92 bits per heavy atom. The van der Waals surface area contributed by atoms with Gasteiger partial charge in [0.05, 0.1) is 63.0 Å². The van der Waals surface area contributed by atoms with Crippen molar-refractivity contribution in [3.63, 3.8) is 0 Å². The van der Waals surface area contributed by atoms with E-state index >= 15 is 0 Å². The Labute approximate surface area is 487 Å². The Hall–Kier alpha value is -7.82. The van der Waals surface area contributed by atoms with E-state index in [0.29, 0.717) is 42.3 Å². The number of carbonyl (C=O) groups is 2. The van der Waals surface area contributed by atoms with Gasteiger partial charge in [-0.15, -0.1) is 0 Å². The van der Waals surface area contributed by atoms with Crippen LogP contribution in [0.1, 0.15) is 105 Å². The molecular weight excluding hydrogens is 1070 g/mol. The molecule has 4 atom stereocenters. The number of rotatable bonds is 30. The third kappa shape index (κ3) is 17.1. The SMILES string of the molecule is COc1ccc(C(OC[C@H]2O[C@@H](n3cc(C=CC(=O)NCCCCCCNC(=O)c4ccc(N=Nc5ccc(N(C)C)cc5)cc4)c(=O)[nH]c3=O)C[C@@H]2OP(OCCC#N)N(C(C)C)C(C)C)(c2ccccc2)c2ccc(OC)cc2)cc1. The Balaban J connectivity index is 1.01. The van der Waals surface area contributed by atoms with E-state index in [9.17, 15) is 24.4 Å². The first-order valence-electron chi connectivity index (χ1n) is 27.9. The summed E-state index contributed by atoms with van der Waals surface area (Å²) in [6.45, 7) is 9.16. The van der Waals surface area contributed by atoms with Crippen LogP contribution >= 0.6 is 8.53 Å². The first-order chi connectivity index (χ1) is 40.1. The van der Waals surface area contributed by atoms with Crippen molar-refractivity contribution in [3.8, 4) is 17.6 Å². The molecule has 2 amide bonds. The zero-order valence-electron chi connectivity index (χ0n) is 48.5. The molecule has 0 radical (unpaired) electrons. The predicted molar refractivity (Wildman–Crippen MR) is 322 cm³/mol. The van der Waals surface area contributed by atoms with Gasteiger partial charge in [0.15, 0.2) is 0 Å². The van der Waals surface area contributed by atoms with E-state index in [1.165, 1.54) is 22.9 Å². The number of benzene rings is 5. The highest BCUT2D eigenvalue weighted by atomic mass is 31.2. The number of H-pyrrole nitrogens is 1. The van der Waals surface area contributed by atoms with E-state index in [1.54, 1.807) is 38.5 Å². The molecule has 6 aromatic rings. The smallest absolute Gasteiger partial charge is 0.330 e. The van der Waals surface area contributed by atoms with Crippen LogP contribution in [0.3, 0.4) is 0 Å².